The third-order valence-electron chi connectivity index (χ3n) is 5.58. The molecule has 2 heterocycles. The fourth-order valence-corrected chi connectivity index (χ4v) is 4.21. The van der Waals surface area contributed by atoms with Crippen molar-refractivity contribution < 1.29 is 22.4 Å². The van der Waals surface area contributed by atoms with Crippen LogP contribution in [0.4, 0.5) is 13.2 Å². The largest absolute Gasteiger partial charge is 0.419 e. The Hall–Kier alpha value is -3.17. The zero-order valence-electron chi connectivity index (χ0n) is 16.2. The van der Waals surface area contributed by atoms with Gasteiger partial charge in [-0.15, -0.1) is 10.2 Å². The Morgan fingerprint density at radius 2 is 2.00 bits per heavy atom. The first-order valence-electron chi connectivity index (χ1n) is 9.59. The lowest BCUT2D eigenvalue weighted by Gasteiger charge is -2.30. The smallest absolute Gasteiger partial charge is 0.416 e. The number of rotatable bonds is 4. The molecule has 3 N–H and O–H groups in total. The maximum absolute atomic E-state index is 13.7. The van der Waals surface area contributed by atoms with E-state index in [4.69, 9.17) is 10.2 Å². The Kier molecular flexibility index (Phi) is 5.08. The molecule has 0 saturated heterocycles. The molecule has 30 heavy (non-hydrogen) atoms. The molecule has 1 saturated carbocycles. The van der Waals surface area contributed by atoms with Crippen molar-refractivity contribution in [2.75, 3.05) is 0 Å². The summed E-state index contributed by atoms with van der Waals surface area (Å²) in [4.78, 5) is 18.9. The summed E-state index contributed by atoms with van der Waals surface area (Å²) in [6.07, 6.45) is -0.817. The van der Waals surface area contributed by atoms with E-state index in [1.807, 2.05) is 6.92 Å². The van der Waals surface area contributed by atoms with Gasteiger partial charge in [0.25, 0.3) is 5.89 Å². The highest BCUT2D eigenvalue weighted by Gasteiger charge is 2.39. The van der Waals surface area contributed by atoms with Crippen LogP contribution in [0.2, 0.25) is 0 Å². The number of nitrogens with zero attached hydrogens (tertiary/aromatic N) is 3. The van der Waals surface area contributed by atoms with Gasteiger partial charge in [0.1, 0.15) is 5.69 Å². The van der Waals surface area contributed by atoms with Crippen molar-refractivity contribution >= 4 is 5.91 Å². The summed E-state index contributed by atoms with van der Waals surface area (Å²) in [5.74, 6) is -0.952. The predicted octanol–water partition coefficient (Wildman–Crippen LogP) is 4.33. The van der Waals surface area contributed by atoms with E-state index in [1.54, 1.807) is 0 Å². The van der Waals surface area contributed by atoms with E-state index in [2.05, 4.69) is 20.2 Å². The number of halogens is 3. The highest BCUT2D eigenvalue weighted by Crippen LogP contribution is 2.46. The number of aromatic amines is 1. The fraction of sp³-hybridized carbons (Fsp3) is 0.400. The topological polar surface area (TPSA) is 111 Å². The van der Waals surface area contributed by atoms with Gasteiger partial charge in [-0.1, -0.05) is 12.5 Å². The molecule has 3 aromatic rings. The normalized spacial score (nSPS) is 19.7. The van der Waals surface area contributed by atoms with Crippen molar-refractivity contribution in [3.63, 3.8) is 0 Å². The Morgan fingerprint density at radius 3 is 2.67 bits per heavy atom. The Bertz CT molecular complexity index is 1070. The van der Waals surface area contributed by atoms with E-state index in [0.29, 0.717) is 37.3 Å². The summed E-state index contributed by atoms with van der Waals surface area (Å²) in [6, 6.07) is 3.56. The summed E-state index contributed by atoms with van der Waals surface area (Å²) in [7, 11) is 0. The van der Waals surface area contributed by atoms with Crippen LogP contribution in [0, 0.1) is 6.92 Å². The third-order valence-corrected chi connectivity index (χ3v) is 5.58. The molecule has 1 aliphatic carbocycles. The van der Waals surface area contributed by atoms with Crippen LogP contribution in [-0.2, 0) is 6.18 Å². The van der Waals surface area contributed by atoms with Gasteiger partial charge in [-0.05, 0) is 49.8 Å². The molecule has 7 nitrogen and oxygen atoms in total. The second-order valence-electron chi connectivity index (χ2n) is 7.51. The zero-order valence-corrected chi connectivity index (χ0v) is 16.2. The number of primary amides is 1. The van der Waals surface area contributed by atoms with Gasteiger partial charge in [-0.2, -0.15) is 13.2 Å². The number of hydrogen-bond acceptors (Lipinski definition) is 5. The van der Waals surface area contributed by atoms with Crippen molar-refractivity contribution in [3.8, 4) is 11.6 Å². The molecule has 2 aromatic heterocycles. The number of nitrogens with one attached hydrogen (secondary N) is 1. The molecule has 1 fully saturated rings. The summed E-state index contributed by atoms with van der Waals surface area (Å²) in [5, 5.41) is 8.15. The maximum atomic E-state index is 13.7. The van der Waals surface area contributed by atoms with Gasteiger partial charge in [0.2, 0.25) is 11.8 Å². The number of hydrogen-bond donors (Lipinski definition) is 2. The predicted molar refractivity (Wildman–Crippen MR) is 101 cm³/mol. The molecule has 0 aliphatic heterocycles. The molecule has 0 spiro atoms. The van der Waals surface area contributed by atoms with Crippen LogP contribution in [0.5, 0.6) is 0 Å². The Labute approximate surface area is 169 Å². The number of nitrogens with two attached hydrogens (primary N) is 1. The summed E-state index contributed by atoms with van der Waals surface area (Å²) >= 11 is 0. The van der Waals surface area contributed by atoms with Gasteiger partial charge in [0, 0.05) is 17.2 Å². The number of amides is 1. The van der Waals surface area contributed by atoms with E-state index < -0.39 is 23.6 Å². The molecular formula is C20H20F3N5O2. The van der Waals surface area contributed by atoms with Gasteiger partial charge in [-0.3, -0.25) is 4.79 Å². The van der Waals surface area contributed by atoms with Crippen LogP contribution >= 0.6 is 0 Å². The van der Waals surface area contributed by atoms with Crippen LogP contribution in [0.25, 0.3) is 11.6 Å². The highest BCUT2D eigenvalue weighted by molar-refractivity contribution is 5.95. The van der Waals surface area contributed by atoms with Crippen LogP contribution in [0.1, 0.15) is 70.6 Å². The second-order valence-corrected chi connectivity index (χ2v) is 7.51. The van der Waals surface area contributed by atoms with E-state index in [-0.39, 0.29) is 22.9 Å². The second kappa shape index (κ2) is 7.58. The minimum absolute atomic E-state index is 0.0370. The quantitative estimate of drug-likeness (QED) is 0.654. The number of imidazole rings is 1. The summed E-state index contributed by atoms with van der Waals surface area (Å²) in [5.41, 5.74) is 5.77. The first-order chi connectivity index (χ1) is 14.3. The van der Waals surface area contributed by atoms with Crippen molar-refractivity contribution in [1.82, 2.24) is 20.2 Å². The van der Waals surface area contributed by atoms with E-state index in [9.17, 15) is 18.0 Å². The molecule has 4 rings (SSSR count). The lowest BCUT2D eigenvalue weighted by atomic mass is 9.75. The Morgan fingerprint density at radius 1 is 1.23 bits per heavy atom. The number of carbonyl (C=O) groups excluding carboxylic acids is 1. The minimum atomic E-state index is -4.58. The van der Waals surface area contributed by atoms with Gasteiger partial charge >= 0.3 is 6.18 Å². The van der Waals surface area contributed by atoms with Gasteiger partial charge < -0.3 is 15.1 Å². The van der Waals surface area contributed by atoms with Crippen LogP contribution in [0.15, 0.2) is 28.9 Å². The van der Waals surface area contributed by atoms with Crippen LogP contribution in [0.3, 0.4) is 0 Å². The molecule has 1 aromatic carbocycles. The maximum Gasteiger partial charge on any atom is 0.416 e. The monoisotopic (exact) mass is 419 g/mol. The molecule has 1 amide bonds. The highest BCUT2D eigenvalue weighted by atomic mass is 19.4. The first kappa shape index (κ1) is 20.1. The number of carbonyl (C=O) groups is 1. The fourth-order valence-electron chi connectivity index (χ4n) is 4.21. The minimum Gasteiger partial charge on any atom is -0.419 e. The van der Waals surface area contributed by atoms with Crippen molar-refractivity contribution in [2.24, 2.45) is 5.73 Å². The number of aromatic nitrogens is 4. The molecule has 0 bridgehead atoms. The molecule has 1 aliphatic rings. The van der Waals surface area contributed by atoms with Crippen LogP contribution < -0.4 is 5.73 Å². The molecule has 0 radical (unpaired) electrons. The number of H-pyrrole nitrogens is 1. The summed E-state index contributed by atoms with van der Waals surface area (Å²) in [6.45, 7) is 1.82. The van der Waals surface area contributed by atoms with Gasteiger partial charge in [0.05, 0.1) is 11.9 Å². The van der Waals surface area contributed by atoms with Gasteiger partial charge in [-0.25, -0.2) is 4.98 Å². The SMILES string of the molecule is Cc1[nH]cnc1-c1nnc([C@H]2CCC[C@@H](c3c(C(N)=O)cccc3C(F)(F)F)C2)o1. The number of benzene rings is 1. The van der Waals surface area contributed by atoms with E-state index in [0.717, 1.165) is 11.8 Å². The molecular weight excluding hydrogens is 399 g/mol. The average Bonchev–Trinajstić information content (AvgIpc) is 3.35. The lowest BCUT2D eigenvalue weighted by Crippen LogP contribution is -2.23. The molecule has 2 atom stereocenters. The molecule has 0 unspecified atom stereocenters. The van der Waals surface area contributed by atoms with Crippen molar-refractivity contribution in [2.45, 2.75) is 50.6 Å². The summed E-state index contributed by atoms with van der Waals surface area (Å²) < 4.78 is 46.8. The standard InChI is InChI=1S/C20H20F3N5O2/c1-10-16(26-9-25-10)19-28-27-18(30-19)12-5-2-4-11(8-12)15-13(17(24)29)6-3-7-14(15)20(21,22)23/h3,6-7,9,11-12H,2,4-5,8H2,1H3,(H2,24,29)(H,25,26)/t11-,12+/m1/s1. The van der Waals surface area contributed by atoms with Crippen molar-refractivity contribution in [1.29, 1.82) is 0 Å². The third kappa shape index (κ3) is 3.69. The van der Waals surface area contributed by atoms with Crippen molar-refractivity contribution in [3.05, 3.63) is 52.8 Å². The van der Waals surface area contributed by atoms with Crippen LogP contribution in [-0.4, -0.2) is 26.1 Å². The number of alkyl halides is 3. The molecule has 10 heteroatoms. The van der Waals surface area contributed by atoms with E-state index >= 15 is 0 Å². The zero-order chi connectivity index (χ0) is 21.5. The van der Waals surface area contributed by atoms with E-state index in [1.165, 1.54) is 18.5 Å². The number of aryl methyl sites for hydroxylation is 1. The molecule has 158 valence electrons. The lowest BCUT2D eigenvalue weighted by molar-refractivity contribution is -0.138. The van der Waals surface area contributed by atoms with Gasteiger partial charge in [0.15, 0.2) is 0 Å². The Balaban J connectivity index is 1.67. The average molecular weight is 419 g/mol. The first-order valence-corrected chi connectivity index (χ1v) is 9.59.